The van der Waals surface area contributed by atoms with E-state index in [0.717, 1.165) is 11.3 Å². The summed E-state index contributed by atoms with van der Waals surface area (Å²) >= 11 is 0. The minimum atomic E-state index is -0.585. The lowest BCUT2D eigenvalue weighted by Gasteiger charge is -2.09. The van der Waals surface area contributed by atoms with E-state index >= 15 is 0 Å². The van der Waals surface area contributed by atoms with Gasteiger partial charge in [-0.2, -0.15) is 5.10 Å². The molecule has 0 saturated heterocycles. The molecule has 7 heteroatoms. The van der Waals surface area contributed by atoms with Crippen molar-refractivity contribution in [2.45, 2.75) is 6.92 Å². The summed E-state index contributed by atoms with van der Waals surface area (Å²) in [5.41, 5.74) is 2.44. The molecule has 3 rings (SSSR count). The summed E-state index contributed by atoms with van der Waals surface area (Å²) in [5.74, 6) is -0.559. The van der Waals surface area contributed by atoms with Gasteiger partial charge < -0.3 is 14.8 Å². The zero-order chi connectivity index (χ0) is 19.8. The molecule has 28 heavy (non-hydrogen) atoms. The van der Waals surface area contributed by atoms with Gasteiger partial charge in [-0.15, -0.1) is 0 Å². The van der Waals surface area contributed by atoms with E-state index in [2.05, 4.69) is 10.4 Å². The van der Waals surface area contributed by atoms with Crippen LogP contribution in [0.15, 0.2) is 66.7 Å². The first-order chi connectivity index (χ1) is 13.7. The van der Waals surface area contributed by atoms with Crippen LogP contribution in [0.25, 0.3) is 16.9 Å². The lowest BCUT2D eigenvalue weighted by atomic mass is 10.2. The minimum absolute atomic E-state index is 0.177. The lowest BCUT2D eigenvalue weighted by Crippen LogP contribution is -2.24. The normalized spacial score (nSPS) is 10.5. The van der Waals surface area contributed by atoms with Gasteiger partial charge in [-0.05, 0) is 19.1 Å². The molecule has 0 aliphatic heterocycles. The topological polar surface area (TPSA) is 82.4 Å². The molecule has 0 unspecified atom stereocenters. The summed E-state index contributed by atoms with van der Waals surface area (Å²) in [6, 6.07) is 20.9. The molecule has 144 valence electrons. The van der Waals surface area contributed by atoms with Gasteiger partial charge in [0.2, 0.25) is 0 Å². The van der Waals surface area contributed by atoms with Crippen LogP contribution in [0.3, 0.4) is 0 Å². The van der Waals surface area contributed by atoms with Gasteiger partial charge in [-0.3, -0.25) is 4.79 Å². The summed E-state index contributed by atoms with van der Waals surface area (Å²) in [4.78, 5) is 23.7. The van der Waals surface area contributed by atoms with Crippen LogP contribution >= 0.6 is 0 Å². The monoisotopic (exact) mass is 379 g/mol. The van der Waals surface area contributed by atoms with Crippen LogP contribution in [0.2, 0.25) is 0 Å². The van der Waals surface area contributed by atoms with E-state index < -0.39 is 18.5 Å². The number of aromatic nitrogens is 2. The number of benzene rings is 2. The number of ether oxygens (including phenoxy) is 2. The lowest BCUT2D eigenvalue weighted by molar-refractivity contribution is -0.151. The van der Waals surface area contributed by atoms with Crippen LogP contribution < -0.4 is 5.32 Å². The summed E-state index contributed by atoms with van der Waals surface area (Å²) < 4.78 is 11.5. The number of hydrogen-bond donors (Lipinski definition) is 1. The van der Waals surface area contributed by atoms with Crippen LogP contribution in [0.4, 0.5) is 5.82 Å². The number of nitrogens with zero attached hydrogens (tertiary/aromatic N) is 2. The number of amides is 1. The average Bonchev–Trinajstić information content (AvgIpc) is 3.15. The highest BCUT2D eigenvalue weighted by molar-refractivity contribution is 5.93. The number of carbonyl (C=O) groups excluding carboxylic acids is 2. The van der Waals surface area contributed by atoms with Crippen LogP contribution in [0.5, 0.6) is 0 Å². The van der Waals surface area contributed by atoms with E-state index in [1.807, 2.05) is 60.7 Å². The highest BCUT2D eigenvalue weighted by Crippen LogP contribution is 2.24. The first kappa shape index (κ1) is 19.3. The number of hydrogen-bond acceptors (Lipinski definition) is 5. The Hall–Kier alpha value is -3.45. The van der Waals surface area contributed by atoms with Gasteiger partial charge in [0.15, 0.2) is 6.61 Å². The van der Waals surface area contributed by atoms with Gasteiger partial charge in [-0.1, -0.05) is 48.5 Å². The SMILES string of the molecule is CCOCC(=O)OCC(=O)Nc1cc(-c2ccccc2)nn1-c1ccccc1. The number of nitrogens with one attached hydrogen (secondary N) is 1. The first-order valence-electron chi connectivity index (χ1n) is 8.91. The molecule has 3 aromatic rings. The third kappa shape index (κ3) is 5.05. The first-order valence-corrected chi connectivity index (χ1v) is 8.91. The largest absolute Gasteiger partial charge is 0.454 e. The highest BCUT2D eigenvalue weighted by atomic mass is 16.6. The molecule has 1 amide bonds. The van der Waals surface area contributed by atoms with Crippen LogP contribution in [-0.4, -0.2) is 41.5 Å². The second-order valence-electron chi connectivity index (χ2n) is 5.87. The van der Waals surface area contributed by atoms with E-state index in [1.54, 1.807) is 17.7 Å². The molecule has 0 aliphatic rings. The van der Waals surface area contributed by atoms with E-state index in [-0.39, 0.29) is 6.61 Å². The van der Waals surface area contributed by atoms with Crippen molar-refractivity contribution in [1.82, 2.24) is 9.78 Å². The van der Waals surface area contributed by atoms with Gasteiger partial charge in [0.25, 0.3) is 5.91 Å². The van der Waals surface area contributed by atoms with Gasteiger partial charge in [-0.25, -0.2) is 9.48 Å². The van der Waals surface area contributed by atoms with Crippen LogP contribution in [0, 0.1) is 0 Å². The van der Waals surface area contributed by atoms with Crippen molar-refractivity contribution in [3.05, 3.63) is 66.7 Å². The van der Waals surface area contributed by atoms with Gasteiger partial charge in [0.1, 0.15) is 12.4 Å². The predicted molar refractivity (Wildman–Crippen MR) is 105 cm³/mol. The molecular weight excluding hydrogens is 358 g/mol. The Morgan fingerprint density at radius 2 is 1.68 bits per heavy atom. The zero-order valence-electron chi connectivity index (χ0n) is 15.5. The summed E-state index contributed by atoms with van der Waals surface area (Å²) in [5, 5.41) is 7.37. The average molecular weight is 379 g/mol. The molecule has 1 N–H and O–H groups in total. The standard InChI is InChI=1S/C21H21N3O4/c1-2-27-15-21(26)28-14-20(25)22-19-13-18(16-9-5-3-6-10-16)23-24(19)17-11-7-4-8-12-17/h3-13H,2,14-15H2,1H3,(H,22,25). The molecule has 0 saturated carbocycles. The maximum Gasteiger partial charge on any atom is 0.332 e. The molecule has 1 heterocycles. The van der Waals surface area contributed by atoms with Crippen molar-refractivity contribution >= 4 is 17.7 Å². The highest BCUT2D eigenvalue weighted by Gasteiger charge is 2.15. The Labute approximate surface area is 162 Å². The second kappa shape index (κ2) is 9.48. The van der Waals surface area contributed by atoms with E-state index in [0.29, 0.717) is 18.1 Å². The number of para-hydroxylation sites is 1. The van der Waals surface area contributed by atoms with Crippen molar-refractivity contribution < 1.29 is 19.1 Å². The zero-order valence-corrected chi connectivity index (χ0v) is 15.5. The minimum Gasteiger partial charge on any atom is -0.454 e. The molecule has 0 fully saturated rings. The number of anilines is 1. The van der Waals surface area contributed by atoms with Crippen molar-refractivity contribution in [3.63, 3.8) is 0 Å². The second-order valence-corrected chi connectivity index (χ2v) is 5.87. The fraction of sp³-hybridized carbons (Fsp3) is 0.190. The fourth-order valence-electron chi connectivity index (χ4n) is 2.54. The Morgan fingerprint density at radius 1 is 1.00 bits per heavy atom. The Balaban J connectivity index is 1.78. The van der Waals surface area contributed by atoms with Gasteiger partial charge in [0.05, 0.1) is 11.4 Å². The summed E-state index contributed by atoms with van der Waals surface area (Å²) in [6.45, 7) is 1.60. The maximum absolute atomic E-state index is 12.2. The molecule has 0 bridgehead atoms. The van der Waals surface area contributed by atoms with Gasteiger partial charge in [0, 0.05) is 18.2 Å². The van der Waals surface area contributed by atoms with Crippen molar-refractivity contribution in [2.24, 2.45) is 0 Å². The Bertz CT molecular complexity index is 923. The van der Waals surface area contributed by atoms with E-state index in [1.165, 1.54) is 0 Å². The Morgan fingerprint density at radius 3 is 2.36 bits per heavy atom. The molecule has 0 radical (unpaired) electrons. The fourth-order valence-corrected chi connectivity index (χ4v) is 2.54. The number of carbonyl (C=O) groups is 2. The Kier molecular flexibility index (Phi) is 6.54. The summed E-state index contributed by atoms with van der Waals surface area (Å²) in [6.07, 6.45) is 0. The van der Waals surface area contributed by atoms with Crippen LogP contribution in [-0.2, 0) is 19.1 Å². The maximum atomic E-state index is 12.2. The number of rotatable bonds is 8. The van der Waals surface area contributed by atoms with Crippen molar-refractivity contribution in [1.29, 1.82) is 0 Å². The molecule has 0 atom stereocenters. The molecule has 7 nitrogen and oxygen atoms in total. The van der Waals surface area contributed by atoms with E-state index in [9.17, 15) is 9.59 Å². The van der Waals surface area contributed by atoms with Crippen LogP contribution in [0.1, 0.15) is 6.92 Å². The van der Waals surface area contributed by atoms with Crippen molar-refractivity contribution in [2.75, 3.05) is 25.1 Å². The molecule has 0 spiro atoms. The van der Waals surface area contributed by atoms with Gasteiger partial charge >= 0.3 is 5.97 Å². The van der Waals surface area contributed by atoms with E-state index in [4.69, 9.17) is 9.47 Å². The smallest absolute Gasteiger partial charge is 0.332 e. The third-order valence-electron chi connectivity index (χ3n) is 3.84. The predicted octanol–water partition coefficient (Wildman–Crippen LogP) is 3.06. The number of esters is 1. The molecule has 2 aromatic carbocycles. The third-order valence-corrected chi connectivity index (χ3v) is 3.84. The summed E-state index contributed by atoms with van der Waals surface area (Å²) in [7, 11) is 0. The van der Waals surface area contributed by atoms with Crippen molar-refractivity contribution in [3.8, 4) is 16.9 Å². The quantitative estimate of drug-likeness (QED) is 0.608. The molecule has 1 aromatic heterocycles. The molecule has 0 aliphatic carbocycles. The molecular formula is C21H21N3O4.